The van der Waals surface area contributed by atoms with Gasteiger partial charge >= 0.3 is 0 Å². The number of likely N-dealkylation sites (tertiary alicyclic amines) is 1. The molecule has 2 heteroatoms. The molecule has 1 fully saturated rings. The maximum Gasteiger partial charge on any atom is 0.0590 e. The van der Waals surface area contributed by atoms with Gasteiger partial charge < -0.3 is 5.11 Å². The number of likely N-dealkylation sites (N-methyl/N-ethyl adjacent to an activating group) is 1. The van der Waals surface area contributed by atoms with Gasteiger partial charge in [0.25, 0.3) is 0 Å². The van der Waals surface area contributed by atoms with Crippen LogP contribution < -0.4 is 0 Å². The van der Waals surface area contributed by atoms with E-state index in [-0.39, 0.29) is 6.61 Å². The Balaban J connectivity index is 0.000000461. The molecule has 64 valence electrons. The Kier molecular flexibility index (Phi) is 4.83. The molecule has 1 unspecified atom stereocenters. The van der Waals surface area contributed by atoms with Crippen LogP contribution in [0.5, 0.6) is 0 Å². The first-order valence-electron chi connectivity index (χ1n) is 3.72. The number of hydrogen-bond acceptors (Lipinski definition) is 2. The molecule has 1 rings (SSSR count). The van der Waals surface area contributed by atoms with E-state index in [1.165, 1.54) is 5.57 Å². The van der Waals surface area contributed by atoms with Gasteiger partial charge in [0, 0.05) is 12.6 Å². The lowest BCUT2D eigenvalue weighted by molar-refractivity contribution is 0.182. The molecule has 1 heterocycles. The summed E-state index contributed by atoms with van der Waals surface area (Å²) in [6.07, 6.45) is 0.965. The number of aliphatic hydroxyl groups excluding tert-OH is 1. The molecule has 0 bridgehead atoms. The van der Waals surface area contributed by atoms with Crippen LogP contribution in [0.25, 0.3) is 0 Å². The van der Waals surface area contributed by atoms with Gasteiger partial charge in [0.05, 0.1) is 6.61 Å². The van der Waals surface area contributed by atoms with Crippen molar-refractivity contribution in [1.29, 1.82) is 0 Å². The first-order chi connectivity index (χ1) is 5.24. The van der Waals surface area contributed by atoms with Crippen molar-refractivity contribution in [1.82, 2.24) is 4.90 Å². The van der Waals surface area contributed by atoms with Crippen LogP contribution in [0.4, 0.5) is 0 Å². The van der Waals surface area contributed by atoms with Gasteiger partial charge in [-0.1, -0.05) is 12.2 Å². The molecule has 1 aliphatic heterocycles. The van der Waals surface area contributed by atoms with E-state index in [1.807, 2.05) is 7.05 Å². The lowest BCUT2D eigenvalue weighted by Gasteiger charge is -2.14. The molecule has 0 aromatic rings. The Hall–Kier alpha value is -0.600. The summed E-state index contributed by atoms with van der Waals surface area (Å²) in [7, 11) is 2.01. The minimum atomic E-state index is 0.259. The van der Waals surface area contributed by atoms with Crippen molar-refractivity contribution in [3.05, 3.63) is 25.3 Å². The number of hydrogen-bond donors (Lipinski definition) is 1. The summed E-state index contributed by atoms with van der Waals surface area (Å²) in [6.45, 7) is 11.1. The molecule has 11 heavy (non-hydrogen) atoms. The second-order valence-corrected chi connectivity index (χ2v) is 2.71. The molecule has 0 radical (unpaired) electrons. The Bertz CT molecular complexity index is 134. The predicted molar refractivity (Wildman–Crippen MR) is 48.5 cm³/mol. The van der Waals surface area contributed by atoms with Crippen molar-refractivity contribution in [3.63, 3.8) is 0 Å². The summed E-state index contributed by atoms with van der Waals surface area (Å²) < 4.78 is 0. The number of aliphatic hydroxyl groups is 1. The lowest BCUT2D eigenvalue weighted by Crippen LogP contribution is -2.27. The van der Waals surface area contributed by atoms with E-state index in [2.05, 4.69) is 24.6 Å². The fraction of sp³-hybridized carbons (Fsp3) is 0.556. The van der Waals surface area contributed by atoms with Crippen LogP contribution in [-0.4, -0.2) is 36.2 Å². The van der Waals surface area contributed by atoms with E-state index in [0.29, 0.717) is 6.04 Å². The first kappa shape index (κ1) is 10.4. The van der Waals surface area contributed by atoms with Crippen LogP contribution in [-0.2, 0) is 0 Å². The fourth-order valence-corrected chi connectivity index (χ4v) is 1.24. The Morgan fingerprint density at radius 3 is 2.36 bits per heavy atom. The zero-order valence-electron chi connectivity index (χ0n) is 7.21. The van der Waals surface area contributed by atoms with Gasteiger partial charge in [-0.25, -0.2) is 0 Å². The van der Waals surface area contributed by atoms with Crippen molar-refractivity contribution < 1.29 is 5.11 Å². The Morgan fingerprint density at radius 1 is 1.64 bits per heavy atom. The van der Waals surface area contributed by atoms with Crippen molar-refractivity contribution in [3.8, 4) is 0 Å². The van der Waals surface area contributed by atoms with Gasteiger partial charge in [0.1, 0.15) is 0 Å². The molecule has 0 amide bonds. The molecule has 0 aromatic heterocycles. The predicted octanol–water partition coefficient (Wildman–Crippen LogP) is 1.04. The second kappa shape index (κ2) is 5.10. The highest BCUT2D eigenvalue weighted by molar-refractivity contribution is 5.06. The summed E-state index contributed by atoms with van der Waals surface area (Å²) in [5.74, 6) is 0. The Morgan fingerprint density at radius 2 is 2.18 bits per heavy atom. The van der Waals surface area contributed by atoms with Crippen molar-refractivity contribution in [2.24, 2.45) is 0 Å². The standard InChI is InChI=1S/C7H13NO.C2H4/c1-6-3-7(5-9)8(2)4-6;1-2/h7,9H,1,3-5H2,2H3;1-2H2. The van der Waals surface area contributed by atoms with Crippen molar-refractivity contribution in [2.45, 2.75) is 12.5 Å². The maximum atomic E-state index is 8.77. The van der Waals surface area contributed by atoms with Gasteiger partial charge in [-0.3, -0.25) is 4.90 Å². The second-order valence-electron chi connectivity index (χ2n) is 2.71. The molecule has 0 aliphatic carbocycles. The fourth-order valence-electron chi connectivity index (χ4n) is 1.24. The van der Waals surface area contributed by atoms with E-state index in [0.717, 1.165) is 13.0 Å². The molecular formula is C9H17NO. The molecule has 0 saturated carbocycles. The summed E-state index contributed by atoms with van der Waals surface area (Å²) in [6, 6.07) is 0.331. The highest BCUT2D eigenvalue weighted by atomic mass is 16.3. The molecule has 1 atom stereocenters. The minimum absolute atomic E-state index is 0.259. The zero-order chi connectivity index (χ0) is 8.85. The zero-order valence-corrected chi connectivity index (χ0v) is 7.21. The van der Waals surface area contributed by atoms with E-state index in [9.17, 15) is 0 Å². The summed E-state index contributed by atoms with van der Waals surface area (Å²) in [5.41, 5.74) is 1.23. The SMILES string of the molecule is C=C.C=C1CC(CO)N(C)C1. The van der Waals surface area contributed by atoms with Crippen LogP contribution in [0.15, 0.2) is 25.3 Å². The van der Waals surface area contributed by atoms with Gasteiger partial charge in [-0.2, -0.15) is 0 Å². The van der Waals surface area contributed by atoms with Gasteiger partial charge in [-0.15, -0.1) is 13.2 Å². The van der Waals surface area contributed by atoms with Crippen LogP contribution >= 0.6 is 0 Å². The Labute approximate surface area is 68.8 Å². The van der Waals surface area contributed by atoms with Crippen LogP contribution in [0, 0.1) is 0 Å². The highest BCUT2D eigenvalue weighted by Crippen LogP contribution is 2.17. The third-order valence-corrected chi connectivity index (χ3v) is 1.83. The van der Waals surface area contributed by atoms with E-state index in [4.69, 9.17) is 5.11 Å². The molecule has 1 N–H and O–H groups in total. The average molecular weight is 155 g/mol. The smallest absolute Gasteiger partial charge is 0.0590 e. The monoisotopic (exact) mass is 155 g/mol. The average Bonchev–Trinajstić information content (AvgIpc) is 2.33. The molecule has 1 aliphatic rings. The highest BCUT2D eigenvalue weighted by Gasteiger charge is 2.21. The summed E-state index contributed by atoms with van der Waals surface area (Å²) >= 11 is 0. The lowest BCUT2D eigenvalue weighted by atomic mass is 10.2. The molecule has 0 spiro atoms. The van der Waals surface area contributed by atoms with Crippen LogP contribution in [0.1, 0.15) is 6.42 Å². The third-order valence-electron chi connectivity index (χ3n) is 1.83. The molecule has 0 aromatic carbocycles. The maximum absolute atomic E-state index is 8.77. The van der Waals surface area contributed by atoms with Gasteiger partial charge in [0.15, 0.2) is 0 Å². The van der Waals surface area contributed by atoms with Crippen molar-refractivity contribution in [2.75, 3.05) is 20.2 Å². The van der Waals surface area contributed by atoms with E-state index < -0.39 is 0 Å². The van der Waals surface area contributed by atoms with E-state index in [1.54, 1.807) is 0 Å². The van der Waals surface area contributed by atoms with Crippen LogP contribution in [0.3, 0.4) is 0 Å². The summed E-state index contributed by atoms with van der Waals surface area (Å²) in [4.78, 5) is 2.13. The third kappa shape index (κ3) is 2.87. The first-order valence-corrected chi connectivity index (χ1v) is 3.72. The van der Waals surface area contributed by atoms with Crippen molar-refractivity contribution >= 4 is 0 Å². The topological polar surface area (TPSA) is 23.5 Å². The quantitative estimate of drug-likeness (QED) is 0.572. The summed E-state index contributed by atoms with van der Waals surface area (Å²) in [5, 5.41) is 8.77. The minimum Gasteiger partial charge on any atom is -0.395 e. The van der Waals surface area contributed by atoms with Gasteiger partial charge in [-0.05, 0) is 13.5 Å². The molecular weight excluding hydrogens is 138 g/mol. The normalized spacial score (nSPS) is 24.5. The van der Waals surface area contributed by atoms with Crippen LogP contribution in [0.2, 0.25) is 0 Å². The largest absolute Gasteiger partial charge is 0.395 e. The molecule has 2 nitrogen and oxygen atoms in total. The number of rotatable bonds is 1. The van der Waals surface area contributed by atoms with E-state index >= 15 is 0 Å². The molecule has 1 saturated heterocycles. The number of nitrogens with zero attached hydrogens (tertiary/aromatic N) is 1. The van der Waals surface area contributed by atoms with Gasteiger partial charge in [0.2, 0.25) is 0 Å².